The molecule has 1 heterocycles. The molecule has 0 saturated carbocycles. The van der Waals surface area contributed by atoms with E-state index in [1.807, 2.05) is 0 Å². The van der Waals surface area contributed by atoms with Crippen molar-refractivity contribution < 1.29 is 9.13 Å². The van der Waals surface area contributed by atoms with Gasteiger partial charge in [0.1, 0.15) is 17.2 Å². The summed E-state index contributed by atoms with van der Waals surface area (Å²) < 4.78 is 20.0. The molecule has 0 radical (unpaired) electrons. The highest BCUT2D eigenvalue weighted by Gasteiger charge is 2.34. The van der Waals surface area contributed by atoms with Crippen LogP contribution in [0.3, 0.4) is 0 Å². The molecule has 1 aliphatic heterocycles. The van der Waals surface area contributed by atoms with Crippen molar-refractivity contribution in [2.45, 2.75) is 45.3 Å². The molecular weight excluding hydrogens is 297 g/mol. The lowest BCUT2D eigenvalue weighted by Gasteiger charge is -2.38. The minimum absolute atomic E-state index is 0.159. The van der Waals surface area contributed by atoms with Crippen molar-refractivity contribution in [3.05, 3.63) is 28.0 Å². The van der Waals surface area contributed by atoms with Crippen molar-refractivity contribution in [3.8, 4) is 5.75 Å². The van der Waals surface area contributed by atoms with Gasteiger partial charge in [0.2, 0.25) is 0 Å². The van der Waals surface area contributed by atoms with E-state index in [0.29, 0.717) is 4.47 Å². The molecule has 1 aliphatic rings. The van der Waals surface area contributed by atoms with Gasteiger partial charge in [-0.05, 0) is 54.9 Å². The number of fused-ring (bicyclic) bond motifs is 1. The second-order valence-electron chi connectivity index (χ2n) is 5.38. The molecule has 0 spiro atoms. The fourth-order valence-electron chi connectivity index (χ4n) is 2.35. The molecule has 0 aromatic heterocycles. The van der Waals surface area contributed by atoms with E-state index in [0.717, 1.165) is 30.7 Å². The lowest BCUT2D eigenvalue weighted by molar-refractivity contribution is 0.0657. The van der Waals surface area contributed by atoms with Crippen LogP contribution in [0.5, 0.6) is 5.75 Å². The van der Waals surface area contributed by atoms with E-state index >= 15 is 0 Å². The van der Waals surface area contributed by atoms with Gasteiger partial charge in [0.05, 0.1) is 4.47 Å². The van der Waals surface area contributed by atoms with Gasteiger partial charge in [-0.2, -0.15) is 0 Å². The molecule has 0 bridgehead atoms. The monoisotopic (exact) mass is 315 g/mol. The fourth-order valence-corrected chi connectivity index (χ4v) is 2.67. The summed E-state index contributed by atoms with van der Waals surface area (Å²) >= 11 is 3.21. The van der Waals surface area contributed by atoms with Gasteiger partial charge in [-0.15, -0.1) is 0 Å². The molecular formula is C14H19BrFNO. The van der Waals surface area contributed by atoms with Crippen molar-refractivity contribution in [1.29, 1.82) is 0 Å². The van der Waals surface area contributed by atoms with Gasteiger partial charge in [0.15, 0.2) is 0 Å². The molecule has 1 aromatic rings. The summed E-state index contributed by atoms with van der Waals surface area (Å²) in [7, 11) is 0. The largest absolute Gasteiger partial charge is 0.487 e. The Labute approximate surface area is 116 Å². The maximum absolute atomic E-state index is 13.7. The molecule has 1 aromatic carbocycles. The van der Waals surface area contributed by atoms with E-state index in [2.05, 4.69) is 42.0 Å². The average molecular weight is 316 g/mol. The van der Waals surface area contributed by atoms with Crippen LogP contribution in [0, 0.1) is 5.82 Å². The van der Waals surface area contributed by atoms with E-state index < -0.39 is 0 Å². The first-order valence-corrected chi connectivity index (χ1v) is 7.13. The van der Waals surface area contributed by atoms with Gasteiger partial charge >= 0.3 is 0 Å². The molecule has 18 heavy (non-hydrogen) atoms. The molecule has 0 fully saturated rings. The van der Waals surface area contributed by atoms with Crippen molar-refractivity contribution in [2.24, 2.45) is 0 Å². The summed E-state index contributed by atoms with van der Waals surface area (Å²) in [5.74, 6) is 0.536. The van der Waals surface area contributed by atoms with Crippen LogP contribution in [-0.4, -0.2) is 12.1 Å². The van der Waals surface area contributed by atoms with Crippen molar-refractivity contribution in [3.63, 3.8) is 0 Å². The quantitative estimate of drug-likeness (QED) is 0.903. The number of hydrogen-bond acceptors (Lipinski definition) is 2. The highest BCUT2D eigenvalue weighted by Crippen LogP contribution is 2.41. The molecule has 100 valence electrons. The molecule has 1 N–H and O–H groups in total. The van der Waals surface area contributed by atoms with Crippen LogP contribution in [-0.2, 0) is 0 Å². The molecule has 0 amide bonds. The minimum atomic E-state index is -0.236. The van der Waals surface area contributed by atoms with E-state index in [1.54, 1.807) is 12.1 Å². The third kappa shape index (κ3) is 2.86. The molecule has 0 aliphatic carbocycles. The van der Waals surface area contributed by atoms with Crippen molar-refractivity contribution in [1.82, 2.24) is 5.32 Å². The summed E-state index contributed by atoms with van der Waals surface area (Å²) in [6, 6.07) is 3.46. The third-order valence-corrected chi connectivity index (χ3v) is 3.76. The average Bonchev–Trinajstić information content (AvgIpc) is 2.27. The van der Waals surface area contributed by atoms with Crippen LogP contribution in [0.1, 0.15) is 45.2 Å². The third-order valence-electron chi connectivity index (χ3n) is 3.15. The zero-order valence-corrected chi connectivity index (χ0v) is 12.6. The second kappa shape index (κ2) is 5.17. The minimum Gasteiger partial charge on any atom is -0.487 e. The highest BCUT2D eigenvalue weighted by atomic mass is 79.9. The Morgan fingerprint density at radius 3 is 2.89 bits per heavy atom. The zero-order valence-electron chi connectivity index (χ0n) is 11.0. The molecule has 1 unspecified atom stereocenters. The van der Waals surface area contributed by atoms with Crippen molar-refractivity contribution >= 4 is 15.9 Å². The Bertz CT molecular complexity index is 448. The summed E-state index contributed by atoms with van der Waals surface area (Å²) in [6.07, 6.45) is 1.91. The van der Waals surface area contributed by atoms with Crippen LogP contribution in [0.15, 0.2) is 16.6 Å². The van der Waals surface area contributed by atoms with Gasteiger partial charge in [-0.3, -0.25) is 0 Å². The first-order valence-electron chi connectivity index (χ1n) is 6.34. The SMILES string of the molecule is CCCNC1CC(C)(C)Oc2cc(Br)c(F)cc21. The van der Waals surface area contributed by atoms with Gasteiger partial charge in [0.25, 0.3) is 0 Å². The summed E-state index contributed by atoms with van der Waals surface area (Å²) in [5, 5.41) is 3.47. The number of ether oxygens (including phenoxy) is 1. The normalized spacial score (nSPS) is 21.3. The number of benzene rings is 1. The lowest BCUT2D eigenvalue weighted by Crippen LogP contribution is -2.39. The van der Waals surface area contributed by atoms with Gasteiger partial charge in [-0.25, -0.2) is 4.39 Å². The molecule has 1 atom stereocenters. The smallest absolute Gasteiger partial charge is 0.137 e. The second-order valence-corrected chi connectivity index (χ2v) is 6.23. The standard InChI is InChI=1S/C14H19BrFNO/c1-4-5-17-12-8-14(2,3)18-13-7-10(15)11(16)6-9(12)13/h6-7,12,17H,4-5,8H2,1-3H3. The predicted octanol–water partition coefficient (Wildman–Crippen LogP) is 4.19. The van der Waals surface area contributed by atoms with Crippen LogP contribution in [0.4, 0.5) is 4.39 Å². The van der Waals surface area contributed by atoms with Gasteiger partial charge in [0, 0.05) is 18.0 Å². The molecule has 2 nitrogen and oxygen atoms in total. The number of nitrogens with one attached hydrogen (secondary N) is 1. The van der Waals surface area contributed by atoms with Crippen molar-refractivity contribution in [2.75, 3.05) is 6.54 Å². The van der Waals surface area contributed by atoms with E-state index in [4.69, 9.17) is 4.74 Å². The molecule has 2 rings (SSSR count). The topological polar surface area (TPSA) is 21.3 Å². The number of rotatable bonds is 3. The van der Waals surface area contributed by atoms with Crippen LogP contribution >= 0.6 is 15.9 Å². The lowest BCUT2D eigenvalue weighted by atomic mass is 9.89. The fraction of sp³-hybridized carbons (Fsp3) is 0.571. The van der Waals surface area contributed by atoms with E-state index in [1.165, 1.54) is 0 Å². The predicted molar refractivity (Wildman–Crippen MR) is 74.5 cm³/mol. The number of hydrogen-bond donors (Lipinski definition) is 1. The van der Waals surface area contributed by atoms with Crippen LogP contribution in [0.2, 0.25) is 0 Å². The molecule has 4 heteroatoms. The van der Waals surface area contributed by atoms with Crippen LogP contribution in [0.25, 0.3) is 0 Å². The Kier molecular flexibility index (Phi) is 3.97. The molecule has 0 saturated heterocycles. The highest BCUT2D eigenvalue weighted by molar-refractivity contribution is 9.10. The maximum Gasteiger partial charge on any atom is 0.137 e. The van der Waals surface area contributed by atoms with Gasteiger partial charge in [-0.1, -0.05) is 6.92 Å². The van der Waals surface area contributed by atoms with E-state index in [9.17, 15) is 4.39 Å². The first-order chi connectivity index (χ1) is 8.43. The Balaban J connectivity index is 2.37. The maximum atomic E-state index is 13.7. The Hall–Kier alpha value is -0.610. The Morgan fingerprint density at radius 1 is 1.50 bits per heavy atom. The van der Waals surface area contributed by atoms with Crippen LogP contribution < -0.4 is 10.1 Å². The zero-order chi connectivity index (χ0) is 13.3. The van der Waals surface area contributed by atoms with E-state index in [-0.39, 0.29) is 17.5 Å². The van der Waals surface area contributed by atoms with Gasteiger partial charge < -0.3 is 10.1 Å². The Morgan fingerprint density at radius 2 is 2.22 bits per heavy atom. The number of halogens is 2. The first kappa shape index (κ1) is 13.8. The summed E-state index contributed by atoms with van der Waals surface area (Å²) in [6.45, 7) is 7.18. The summed E-state index contributed by atoms with van der Waals surface area (Å²) in [5.41, 5.74) is 0.693. The summed E-state index contributed by atoms with van der Waals surface area (Å²) in [4.78, 5) is 0.